The Morgan fingerprint density at radius 1 is 1.17 bits per heavy atom. The van der Waals surface area contributed by atoms with Crippen molar-refractivity contribution in [3.8, 4) is 0 Å². The SMILES string of the molecule is Cn1c(=NC(=O)c2ccc(NC(=O)C3CC3)s2)sc2ccccc21. The summed E-state index contributed by atoms with van der Waals surface area (Å²) in [5.74, 6) is -0.0914. The number of nitrogens with one attached hydrogen (secondary N) is 1. The highest BCUT2D eigenvalue weighted by atomic mass is 32.1. The number of carbonyl (C=O) groups is 2. The number of benzene rings is 1. The van der Waals surface area contributed by atoms with Crippen molar-refractivity contribution in [1.29, 1.82) is 0 Å². The third kappa shape index (κ3) is 2.92. The first-order valence-corrected chi connectivity index (χ1v) is 9.29. The van der Waals surface area contributed by atoms with Crippen LogP contribution in [0, 0.1) is 5.92 Å². The Hall–Kier alpha value is -2.25. The minimum atomic E-state index is -0.283. The number of para-hydroxylation sites is 1. The van der Waals surface area contributed by atoms with Gasteiger partial charge in [0.15, 0.2) is 4.80 Å². The summed E-state index contributed by atoms with van der Waals surface area (Å²) in [7, 11) is 1.90. The van der Waals surface area contributed by atoms with E-state index in [1.807, 2.05) is 35.9 Å². The van der Waals surface area contributed by atoms with Crippen LogP contribution in [0.4, 0.5) is 5.00 Å². The Morgan fingerprint density at radius 3 is 2.71 bits per heavy atom. The van der Waals surface area contributed by atoms with Crippen LogP contribution in [-0.4, -0.2) is 16.4 Å². The lowest BCUT2D eigenvalue weighted by molar-refractivity contribution is -0.117. The average Bonchev–Trinajstić information content (AvgIpc) is 3.26. The fourth-order valence-electron chi connectivity index (χ4n) is 2.42. The lowest BCUT2D eigenvalue weighted by atomic mass is 10.3. The Morgan fingerprint density at radius 2 is 1.96 bits per heavy atom. The van der Waals surface area contributed by atoms with Crippen LogP contribution in [-0.2, 0) is 11.8 Å². The normalized spacial score (nSPS) is 15.0. The largest absolute Gasteiger partial charge is 0.319 e. The quantitative estimate of drug-likeness (QED) is 0.781. The number of amides is 2. The van der Waals surface area contributed by atoms with Gasteiger partial charge in [0.25, 0.3) is 5.91 Å². The molecule has 1 aromatic carbocycles. The first kappa shape index (κ1) is 15.3. The number of fused-ring (bicyclic) bond motifs is 1. The number of carbonyl (C=O) groups excluding carboxylic acids is 2. The van der Waals surface area contributed by atoms with Gasteiger partial charge in [-0.05, 0) is 37.1 Å². The summed E-state index contributed by atoms with van der Waals surface area (Å²) in [5.41, 5.74) is 1.05. The molecule has 0 bridgehead atoms. The van der Waals surface area contributed by atoms with E-state index < -0.39 is 0 Å². The molecular formula is C17H15N3O2S2. The fraction of sp³-hybridized carbons (Fsp3) is 0.235. The summed E-state index contributed by atoms with van der Waals surface area (Å²) >= 11 is 2.75. The van der Waals surface area contributed by atoms with E-state index in [-0.39, 0.29) is 17.7 Å². The Bertz CT molecular complexity index is 1010. The number of nitrogens with zero attached hydrogens (tertiary/aromatic N) is 2. The van der Waals surface area contributed by atoms with Crippen LogP contribution in [0.25, 0.3) is 10.2 Å². The number of thiophene rings is 1. The molecular weight excluding hydrogens is 342 g/mol. The zero-order valence-electron chi connectivity index (χ0n) is 13.0. The summed E-state index contributed by atoms with van der Waals surface area (Å²) < 4.78 is 3.01. The molecule has 122 valence electrons. The number of anilines is 1. The second kappa shape index (κ2) is 5.99. The van der Waals surface area contributed by atoms with E-state index in [0.29, 0.717) is 14.7 Å². The molecule has 2 amide bonds. The van der Waals surface area contributed by atoms with E-state index in [2.05, 4.69) is 10.3 Å². The van der Waals surface area contributed by atoms with E-state index in [0.717, 1.165) is 23.1 Å². The van der Waals surface area contributed by atoms with Crippen LogP contribution >= 0.6 is 22.7 Å². The smallest absolute Gasteiger partial charge is 0.289 e. The number of aromatic nitrogens is 1. The van der Waals surface area contributed by atoms with Crippen LogP contribution in [0.2, 0.25) is 0 Å². The number of rotatable bonds is 3. The Labute approximate surface area is 146 Å². The van der Waals surface area contributed by atoms with E-state index in [9.17, 15) is 9.59 Å². The molecule has 0 atom stereocenters. The number of thiazole rings is 1. The molecule has 0 aliphatic heterocycles. The molecule has 1 aliphatic carbocycles. The minimum absolute atomic E-state index is 0.0451. The predicted molar refractivity (Wildman–Crippen MR) is 96.4 cm³/mol. The zero-order chi connectivity index (χ0) is 16.7. The van der Waals surface area contributed by atoms with Gasteiger partial charge in [0, 0.05) is 13.0 Å². The van der Waals surface area contributed by atoms with Gasteiger partial charge in [0.1, 0.15) is 0 Å². The van der Waals surface area contributed by atoms with Gasteiger partial charge in [-0.15, -0.1) is 11.3 Å². The van der Waals surface area contributed by atoms with Crippen molar-refractivity contribution in [2.24, 2.45) is 18.0 Å². The topological polar surface area (TPSA) is 63.5 Å². The van der Waals surface area contributed by atoms with Crippen LogP contribution < -0.4 is 10.1 Å². The van der Waals surface area contributed by atoms with Crippen LogP contribution in [0.1, 0.15) is 22.5 Å². The van der Waals surface area contributed by atoms with Crippen LogP contribution in [0.3, 0.4) is 0 Å². The van der Waals surface area contributed by atoms with Gasteiger partial charge in [0.2, 0.25) is 5.91 Å². The summed E-state index contributed by atoms with van der Waals surface area (Å²) in [5, 5.41) is 3.56. The first-order chi connectivity index (χ1) is 11.6. The Kier molecular flexibility index (Phi) is 3.82. The van der Waals surface area contributed by atoms with E-state index in [1.54, 1.807) is 12.1 Å². The summed E-state index contributed by atoms with van der Waals surface area (Å²) in [6.45, 7) is 0. The monoisotopic (exact) mass is 357 g/mol. The molecule has 1 aliphatic rings. The Balaban J connectivity index is 1.60. The molecule has 1 saturated carbocycles. The molecule has 1 fully saturated rings. The number of hydrogen-bond donors (Lipinski definition) is 1. The third-order valence-corrected chi connectivity index (χ3v) is 6.02. The van der Waals surface area contributed by atoms with Crippen LogP contribution in [0.5, 0.6) is 0 Å². The molecule has 2 heterocycles. The molecule has 0 radical (unpaired) electrons. The fourth-order valence-corrected chi connectivity index (χ4v) is 4.23. The molecule has 3 aromatic rings. The zero-order valence-corrected chi connectivity index (χ0v) is 14.6. The third-order valence-electron chi connectivity index (χ3n) is 3.92. The molecule has 0 spiro atoms. The van der Waals surface area contributed by atoms with Gasteiger partial charge < -0.3 is 9.88 Å². The lowest BCUT2D eigenvalue weighted by Crippen LogP contribution is -2.13. The van der Waals surface area contributed by atoms with Crippen molar-refractivity contribution in [1.82, 2.24) is 4.57 Å². The predicted octanol–water partition coefficient (Wildman–Crippen LogP) is 3.39. The van der Waals surface area contributed by atoms with Gasteiger partial charge in [0.05, 0.1) is 20.1 Å². The van der Waals surface area contributed by atoms with Crippen molar-refractivity contribution in [2.45, 2.75) is 12.8 Å². The summed E-state index contributed by atoms with van der Waals surface area (Å²) in [6, 6.07) is 11.4. The molecule has 2 aromatic heterocycles. The highest BCUT2D eigenvalue weighted by Gasteiger charge is 2.29. The lowest BCUT2D eigenvalue weighted by Gasteiger charge is -1.98. The van der Waals surface area contributed by atoms with Gasteiger partial charge in [-0.3, -0.25) is 9.59 Å². The van der Waals surface area contributed by atoms with Gasteiger partial charge in [-0.25, -0.2) is 0 Å². The average molecular weight is 357 g/mol. The summed E-state index contributed by atoms with van der Waals surface area (Å²) in [4.78, 5) is 29.6. The standard InChI is InChI=1S/C17H15N3O2S2/c1-20-11-4-2-3-5-12(11)24-17(20)19-16(22)13-8-9-14(23-13)18-15(21)10-6-7-10/h2-5,8-10H,6-7H2,1H3,(H,18,21). The van der Waals surface area contributed by atoms with Crippen molar-refractivity contribution >= 4 is 49.7 Å². The minimum Gasteiger partial charge on any atom is -0.319 e. The molecule has 5 nitrogen and oxygen atoms in total. The number of aryl methyl sites for hydroxylation is 1. The first-order valence-electron chi connectivity index (χ1n) is 7.66. The maximum atomic E-state index is 12.4. The maximum Gasteiger partial charge on any atom is 0.289 e. The van der Waals surface area contributed by atoms with Gasteiger partial charge in [-0.2, -0.15) is 4.99 Å². The maximum absolute atomic E-state index is 12.4. The van der Waals surface area contributed by atoms with E-state index in [4.69, 9.17) is 0 Å². The van der Waals surface area contributed by atoms with Crippen LogP contribution in [0.15, 0.2) is 41.4 Å². The molecule has 1 N–H and O–H groups in total. The number of hydrogen-bond acceptors (Lipinski definition) is 4. The summed E-state index contributed by atoms with van der Waals surface area (Å²) in [6.07, 6.45) is 1.92. The second-order valence-electron chi connectivity index (χ2n) is 5.76. The molecule has 0 saturated heterocycles. The van der Waals surface area contributed by atoms with Gasteiger partial charge >= 0.3 is 0 Å². The van der Waals surface area contributed by atoms with Gasteiger partial charge in [-0.1, -0.05) is 23.5 Å². The second-order valence-corrected chi connectivity index (χ2v) is 7.85. The molecule has 4 rings (SSSR count). The van der Waals surface area contributed by atoms with Crippen molar-refractivity contribution in [3.63, 3.8) is 0 Å². The van der Waals surface area contributed by atoms with Crippen molar-refractivity contribution < 1.29 is 9.59 Å². The van der Waals surface area contributed by atoms with Crippen molar-refractivity contribution in [3.05, 3.63) is 46.1 Å². The van der Waals surface area contributed by atoms with E-state index in [1.165, 1.54) is 22.7 Å². The molecule has 0 unspecified atom stereocenters. The van der Waals surface area contributed by atoms with E-state index >= 15 is 0 Å². The molecule has 24 heavy (non-hydrogen) atoms. The van der Waals surface area contributed by atoms with Crippen molar-refractivity contribution in [2.75, 3.05) is 5.32 Å². The highest BCUT2D eigenvalue weighted by molar-refractivity contribution is 7.18. The highest BCUT2D eigenvalue weighted by Crippen LogP contribution is 2.31. The molecule has 7 heteroatoms.